The maximum Gasteiger partial charge on any atom is 0.119 e. The minimum absolute atomic E-state index is 0.481. The van der Waals surface area contributed by atoms with Crippen molar-refractivity contribution >= 4 is 0 Å². The summed E-state index contributed by atoms with van der Waals surface area (Å²) < 4.78 is 12.2. The number of rotatable bonds is 6. The van der Waals surface area contributed by atoms with Crippen molar-refractivity contribution in [3.63, 3.8) is 0 Å². The minimum atomic E-state index is 0.481. The molecule has 5 heteroatoms. The summed E-state index contributed by atoms with van der Waals surface area (Å²) in [6, 6.07) is 7.84. The molecule has 0 spiro atoms. The summed E-state index contributed by atoms with van der Waals surface area (Å²) in [6.45, 7) is 1.61. The monoisotopic (exact) mass is 261 g/mol. The average molecular weight is 261 g/mol. The van der Waals surface area contributed by atoms with Crippen LogP contribution < -0.4 is 10.5 Å². The van der Waals surface area contributed by atoms with Gasteiger partial charge in [0.1, 0.15) is 12.4 Å². The quantitative estimate of drug-likeness (QED) is 0.802. The lowest BCUT2D eigenvalue weighted by atomic mass is 10.1. The van der Waals surface area contributed by atoms with Crippen molar-refractivity contribution in [1.29, 1.82) is 0 Å². The van der Waals surface area contributed by atoms with Crippen LogP contribution in [0.2, 0.25) is 0 Å². The molecule has 0 fully saturated rings. The zero-order valence-electron chi connectivity index (χ0n) is 11.3. The van der Waals surface area contributed by atoms with Gasteiger partial charge in [-0.3, -0.25) is 4.68 Å². The van der Waals surface area contributed by atoms with E-state index in [2.05, 4.69) is 5.10 Å². The van der Waals surface area contributed by atoms with E-state index in [0.29, 0.717) is 19.8 Å². The SMILES string of the molecule is COCCOc1ccc(-c2nn(C)cc2CN)cc1. The summed E-state index contributed by atoms with van der Waals surface area (Å²) in [7, 11) is 3.55. The van der Waals surface area contributed by atoms with Crippen molar-refractivity contribution in [3.8, 4) is 17.0 Å². The molecular weight excluding hydrogens is 242 g/mol. The molecule has 1 aromatic carbocycles. The molecule has 0 saturated heterocycles. The van der Waals surface area contributed by atoms with Gasteiger partial charge in [-0.05, 0) is 24.3 Å². The molecule has 19 heavy (non-hydrogen) atoms. The maximum absolute atomic E-state index is 5.72. The number of hydrogen-bond acceptors (Lipinski definition) is 4. The van der Waals surface area contributed by atoms with Crippen molar-refractivity contribution in [2.75, 3.05) is 20.3 Å². The Morgan fingerprint density at radius 1 is 1.21 bits per heavy atom. The minimum Gasteiger partial charge on any atom is -0.491 e. The molecule has 0 aliphatic heterocycles. The molecule has 0 saturated carbocycles. The highest BCUT2D eigenvalue weighted by molar-refractivity contribution is 5.63. The molecule has 0 bridgehead atoms. The zero-order valence-corrected chi connectivity index (χ0v) is 11.3. The molecule has 0 aliphatic carbocycles. The van der Waals surface area contributed by atoms with Gasteiger partial charge in [0.05, 0.1) is 12.3 Å². The van der Waals surface area contributed by atoms with Crippen LogP contribution in [0.5, 0.6) is 5.75 Å². The summed E-state index contributed by atoms with van der Waals surface area (Å²) in [5.74, 6) is 0.825. The van der Waals surface area contributed by atoms with E-state index in [9.17, 15) is 0 Å². The fourth-order valence-electron chi connectivity index (χ4n) is 1.88. The first kappa shape index (κ1) is 13.6. The molecule has 0 unspecified atom stereocenters. The number of aromatic nitrogens is 2. The van der Waals surface area contributed by atoms with Crippen LogP contribution in [0.4, 0.5) is 0 Å². The third-order valence-corrected chi connectivity index (χ3v) is 2.81. The number of hydrogen-bond donors (Lipinski definition) is 1. The predicted octanol–water partition coefficient (Wildman–Crippen LogP) is 1.57. The molecule has 0 atom stereocenters. The Bertz CT molecular complexity index is 520. The van der Waals surface area contributed by atoms with Crippen LogP contribution in [-0.4, -0.2) is 30.1 Å². The second kappa shape index (κ2) is 6.36. The van der Waals surface area contributed by atoms with Gasteiger partial charge in [-0.1, -0.05) is 0 Å². The molecule has 0 radical (unpaired) electrons. The highest BCUT2D eigenvalue weighted by Crippen LogP contribution is 2.24. The van der Waals surface area contributed by atoms with Gasteiger partial charge in [0.25, 0.3) is 0 Å². The zero-order chi connectivity index (χ0) is 13.7. The van der Waals surface area contributed by atoms with E-state index in [1.54, 1.807) is 11.8 Å². The smallest absolute Gasteiger partial charge is 0.119 e. The largest absolute Gasteiger partial charge is 0.491 e. The van der Waals surface area contributed by atoms with Crippen LogP contribution >= 0.6 is 0 Å². The number of benzene rings is 1. The van der Waals surface area contributed by atoms with E-state index in [1.165, 1.54) is 0 Å². The molecule has 2 aromatic rings. The molecular formula is C14H19N3O2. The Kier molecular flexibility index (Phi) is 4.54. The topological polar surface area (TPSA) is 62.3 Å². The summed E-state index contributed by atoms with van der Waals surface area (Å²) in [5, 5.41) is 4.43. The standard InChI is InChI=1S/C14H19N3O2/c1-17-10-12(9-15)14(16-17)11-3-5-13(6-4-11)19-8-7-18-2/h3-6,10H,7-9,15H2,1-2H3. The number of ether oxygens (including phenoxy) is 2. The average Bonchev–Trinajstić information content (AvgIpc) is 2.81. The van der Waals surface area contributed by atoms with Crippen molar-refractivity contribution in [2.45, 2.75) is 6.54 Å². The van der Waals surface area contributed by atoms with E-state index in [1.807, 2.05) is 37.5 Å². The number of nitrogens with zero attached hydrogens (tertiary/aromatic N) is 2. The maximum atomic E-state index is 5.72. The third-order valence-electron chi connectivity index (χ3n) is 2.81. The molecule has 1 aromatic heterocycles. The summed E-state index contributed by atoms with van der Waals surface area (Å²) >= 11 is 0. The van der Waals surface area contributed by atoms with Crippen LogP contribution in [0.15, 0.2) is 30.5 Å². The van der Waals surface area contributed by atoms with Crippen molar-refractivity contribution < 1.29 is 9.47 Å². The summed E-state index contributed by atoms with van der Waals surface area (Å²) in [4.78, 5) is 0. The van der Waals surface area contributed by atoms with Gasteiger partial charge in [0.2, 0.25) is 0 Å². The van der Waals surface area contributed by atoms with E-state index >= 15 is 0 Å². The first-order valence-electron chi connectivity index (χ1n) is 6.19. The fourth-order valence-corrected chi connectivity index (χ4v) is 1.88. The molecule has 1 heterocycles. The van der Waals surface area contributed by atoms with Crippen molar-refractivity contribution in [1.82, 2.24) is 9.78 Å². The third kappa shape index (κ3) is 3.33. The lowest BCUT2D eigenvalue weighted by molar-refractivity contribution is 0.146. The van der Waals surface area contributed by atoms with Gasteiger partial charge in [-0.15, -0.1) is 0 Å². The fraction of sp³-hybridized carbons (Fsp3) is 0.357. The lowest BCUT2D eigenvalue weighted by Crippen LogP contribution is -2.04. The Morgan fingerprint density at radius 2 is 1.95 bits per heavy atom. The van der Waals surface area contributed by atoms with E-state index in [-0.39, 0.29) is 0 Å². The van der Waals surface area contributed by atoms with Gasteiger partial charge in [0, 0.05) is 38.0 Å². The Morgan fingerprint density at radius 3 is 2.58 bits per heavy atom. The van der Waals surface area contributed by atoms with Crippen LogP contribution in [-0.2, 0) is 18.3 Å². The number of methoxy groups -OCH3 is 1. The Hall–Kier alpha value is -1.85. The number of aryl methyl sites for hydroxylation is 1. The Balaban J connectivity index is 2.13. The van der Waals surface area contributed by atoms with Gasteiger partial charge in [0.15, 0.2) is 0 Å². The highest BCUT2D eigenvalue weighted by Gasteiger charge is 2.08. The molecule has 2 rings (SSSR count). The highest BCUT2D eigenvalue weighted by atomic mass is 16.5. The van der Waals surface area contributed by atoms with Crippen LogP contribution in [0.3, 0.4) is 0 Å². The molecule has 2 N–H and O–H groups in total. The van der Waals surface area contributed by atoms with Crippen molar-refractivity contribution in [2.24, 2.45) is 12.8 Å². The first-order chi connectivity index (χ1) is 9.24. The molecule has 0 aliphatic rings. The van der Waals surface area contributed by atoms with E-state index in [0.717, 1.165) is 22.6 Å². The van der Waals surface area contributed by atoms with Crippen LogP contribution in [0.25, 0.3) is 11.3 Å². The van der Waals surface area contributed by atoms with Gasteiger partial charge >= 0.3 is 0 Å². The summed E-state index contributed by atoms with van der Waals surface area (Å²) in [5.41, 5.74) is 8.72. The molecule has 102 valence electrons. The lowest BCUT2D eigenvalue weighted by Gasteiger charge is -2.06. The van der Waals surface area contributed by atoms with Gasteiger partial charge < -0.3 is 15.2 Å². The second-order valence-electron chi connectivity index (χ2n) is 4.25. The van der Waals surface area contributed by atoms with Crippen LogP contribution in [0, 0.1) is 0 Å². The second-order valence-corrected chi connectivity index (χ2v) is 4.25. The van der Waals surface area contributed by atoms with Gasteiger partial charge in [-0.25, -0.2) is 0 Å². The normalized spacial score (nSPS) is 10.7. The predicted molar refractivity (Wildman–Crippen MR) is 73.9 cm³/mol. The van der Waals surface area contributed by atoms with Crippen LogP contribution in [0.1, 0.15) is 5.56 Å². The molecule has 0 amide bonds. The van der Waals surface area contributed by atoms with E-state index < -0.39 is 0 Å². The molecule has 5 nitrogen and oxygen atoms in total. The Labute approximate surface area is 112 Å². The summed E-state index contributed by atoms with van der Waals surface area (Å²) in [6.07, 6.45) is 1.94. The first-order valence-corrected chi connectivity index (χ1v) is 6.19. The number of nitrogens with two attached hydrogens (primary N) is 1. The van der Waals surface area contributed by atoms with E-state index in [4.69, 9.17) is 15.2 Å². The van der Waals surface area contributed by atoms with Crippen molar-refractivity contribution in [3.05, 3.63) is 36.0 Å². The van der Waals surface area contributed by atoms with Gasteiger partial charge in [-0.2, -0.15) is 5.10 Å².